The summed E-state index contributed by atoms with van der Waals surface area (Å²) >= 11 is 0. The van der Waals surface area contributed by atoms with Gasteiger partial charge in [-0.25, -0.2) is 0 Å². The monoisotopic (exact) mass is 437 g/mol. The molecule has 3 nitrogen and oxygen atoms in total. The summed E-state index contributed by atoms with van der Waals surface area (Å²) in [4.78, 5) is 13.6. The first-order valence-electron chi connectivity index (χ1n) is 11.2. The Labute approximate surface area is 199 Å². The van der Waals surface area contributed by atoms with Crippen molar-refractivity contribution in [2.45, 2.75) is 0 Å². The van der Waals surface area contributed by atoms with Gasteiger partial charge in [0.15, 0.2) is 0 Å². The Bertz CT molecular complexity index is 1300. The molecule has 0 aliphatic carbocycles. The summed E-state index contributed by atoms with van der Waals surface area (Å²) in [6.07, 6.45) is 7.55. The number of hydrogen-bond acceptors (Lipinski definition) is 3. The SMILES string of the molecule is C(=Nc1ccc(-c2cncc(-c3ccc(N=Cc4ccccc4)cc3)c2)cc1)c1ccccc1. The molecule has 0 saturated carbocycles. The molecule has 0 spiro atoms. The highest BCUT2D eigenvalue weighted by Crippen LogP contribution is 2.28. The maximum atomic E-state index is 4.57. The second-order valence-electron chi connectivity index (χ2n) is 7.89. The van der Waals surface area contributed by atoms with Gasteiger partial charge in [0, 0.05) is 35.9 Å². The van der Waals surface area contributed by atoms with Crippen molar-refractivity contribution in [3.05, 3.63) is 139 Å². The highest BCUT2D eigenvalue weighted by molar-refractivity contribution is 5.83. The van der Waals surface area contributed by atoms with E-state index in [-0.39, 0.29) is 0 Å². The molecule has 0 N–H and O–H groups in total. The summed E-state index contributed by atoms with van der Waals surface area (Å²) < 4.78 is 0. The summed E-state index contributed by atoms with van der Waals surface area (Å²) in [5, 5.41) is 0. The molecule has 0 atom stereocenters. The number of benzene rings is 4. The van der Waals surface area contributed by atoms with Gasteiger partial charge < -0.3 is 0 Å². The molecule has 4 aromatic carbocycles. The van der Waals surface area contributed by atoms with Crippen LogP contribution in [0.3, 0.4) is 0 Å². The average molecular weight is 438 g/mol. The highest BCUT2D eigenvalue weighted by atomic mass is 14.7. The van der Waals surface area contributed by atoms with Crippen LogP contribution in [0.2, 0.25) is 0 Å². The molecule has 0 aliphatic rings. The van der Waals surface area contributed by atoms with Crippen molar-refractivity contribution in [1.29, 1.82) is 0 Å². The Morgan fingerprint density at radius 3 is 1.26 bits per heavy atom. The molecule has 5 rings (SSSR count). The first-order valence-corrected chi connectivity index (χ1v) is 11.2. The molecule has 34 heavy (non-hydrogen) atoms. The zero-order valence-electron chi connectivity index (χ0n) is 18.6. The molecule has 0 unspecified atom stereocenters. The quantitative estimate of drug-likeness (QED) is 0.249. The molecule has 0 amide bonds. The van der Waals surface area contributed by atoms with Crippen LogP contribution in [0.15, 0.2) is 138 Å². The van der Waals surface area contributed by atoms with Crippen LogP contribution in [-0.2, 0) is 0 Å². The van der Waals surface area contributed by atoms with Crippen molar-refractivity contribution in [1.82, 2.24) is 4.98 Å². The molecular weight excluding hydrogens is 414 g/mol. The van der Waals surface area contributed by atoms with Gasteiger partial charge in [0.25, 0.3) is 0 Å². The van der Waals surface area contributed by atoms with Gasteiger partial charge in [0.05, 0.1) is 11.4 Å². The first-order chi connectivity index (χ1) is 16.8. The van der Waals surface area contributed by atoms with Crippen LogP contribution in [0, 0.1) is 0 Å². The van der Waals surface area contributed by atoms with E-state index >= 15 is 0 Å². The van der Waals surface area contributed by atoms with Crippen molar-refractivity contribution < 1.29 is 0 Å². The molecule has 162 valence electrons. The fourth-order valence-corrected chi connectivity index (χ4v) is 3.61. The van der Waals surface area contributed by atoms with Gasteiger partial charge in [-0.15, -0.1) is 0 Å². The fourth-order valence-electron chi connectivity index (χ4n) is 3.61. The van der Waals surface area contributed by atoms with Gasteiger partial charge in [0.1, 0.15) is 0 Å². The van der Waals surface area contributed by atoms with Crippen LogP contribution in [-0.4, -0.2) is 17.4 Å². The Morgan fingerprint density at radius 2 is 0.853 bits per heavy atom. The summed E-state index contributed by atoms with van der Waals surface area (Å²) in [5.41, 5.74) is 8.37. The third-order valence-corrected chi connectivity index (χ3v) is 5.46. The summed E-state index contributed by atoms with van der Waals surface area (Å²) in [7, 11) is 0. The molecule has 1 aromatic heterocycles. The lowest BCUT2D eigenvalue weighted by atomic mass is 10.0. The van der Waals surface area contributed by atoms with Crippen molar-refractivity contribution in [3.8, 4) is 22.3 Å². The van der Waals surface area contributed by atoms with E-state index in [9.17, 15) is 0 Å². The highest BCUT2D eigenvalue weighted by Gasteiger charge is 2.03. The number of aliphatic imine (C=N–C) groups is 2. The van der Waals surface area contributed by atoms with E-state index in [0.29, 0.717) is 0 Å². The maximum absolute atomic E-state index is 4.57. The van der Waals surface area contributed by atoms with Gasteiger partial charge >= 0.3 is 0 Å². The predicted molar refractivity (Wildman–Crippen MR) is 143 cm³/mol. The lowest BCUT2D eigenvalue weighted by Crippen LogP contribution is -1.84. The molecule has 0 radical (unpaired) electrons. The van der Waals surface area contributed by atoms with Crippen LogP contribution in [0.1, 0.15) is 11.1 Å². The second kappa shape index (κ2) is 10.3. The third-order valence-electron chi connectivity index (χ3n) is 5.46. The second-order valence-corrected chi connectivity index (χ2v) is 7.89. The van der Waals surface area contributed by atoms with Crippen molar-refractivity contribution in [2.75, 3.05) is 0 Å². The van der Waals surface area contributed by atoms with E-state index in [1.807, 2.05) is 110 Å². The van der Waals surface area contributed by atoms with E-state index in [0.717, 1.165) is 44.8 Å². The Morgan fingerprint density at radius 1 is 0.441 bits per heavy atom. The van der Waals surface area contributed by atoms with E-state index in [4.69, 9.17) is 0 Å². The molecule has 0 bridgehead atoms. The normalized spacial score (nSPS) is 11.3. The summed E-state index contributed by atoms with van der Waals surface area (Å²) in [6.45, 7) is 0. The van der Waals surface area contributed by atoms with Crippen LogP contribution >= 0.6 is 0 Å². The number of rotatable bonds is 6. The van der Waals surface area contributed by atoms with Crippen LogP contribution in [0.25, 0.3) is 22.3 Å². The first kappa shape index (κ1) is 21.2. The van der Waals surface area contributed by atoms with Gasteiger partial charge in [0.2, 0.25) is 0 Å². The summed E-state index contributed by atoms with van der Waals surface area (Å²) in [6, 6.07) is 38.8. The summed E-state index contributed by atoms with van der Waals surface area (Å²) in [5.74, 6) is 0. The smallest absolute Gasteiger partial charge is 0.0630 e. The number of hydrogen-bond donors (Lipinski definition) is 0. The largest absolute Gasteiger partial charge is 0.263 e. The zero-order chi connectivity index (χ0) is 23.0. The Hall–Kier alpha value is -4.63. The van der Waals surface area contributed by atoms with Gasteiger partial charge in [-0.2, -0.15) is 0 Å². The van der Waals surface area contributed by atoms with Gasteiger partial charge in [-0.1, -0.05) is 84.9 Å². The fraction of sp³-hybridized carbons (Fsp3) is 0. The molecule has 1 heterocycles. The molecule has 0 saturated heterocycles. The van der Waals surface area contributed by atoms with E-state index in [1.54, 1.807) is 0 Å². The van der Waals surface area contributed by atoms with Crippen LogP contribution in [0.5, 0.6) is 0 Å². The molecule has 0 aliphatic heterocycles. The third kappa shape index (κ3) is 5.40. The van der Waals surface area contributed by atoms with E-state index in [2.05, 4.69) is 45.3 Å². The average Bonchev–Trinajstić information content (AvgIpc) is 2.93. The minimum atomic E-state index is 0.920. The minimum Gasteiger partial charge on any atom is -0.263 e. The topological polar surface area (TPSA) is 37.6 Å². The van der Waals surface area contributed by atoms with Gasteiger partial charge in [-0.3, -0.25) is 15.0 Å². The van der Waals surface area contributed by atoms with Crippen molar-refractivity contribution >= 4 is 23.8 Å². The molecule has 3 heteroatoms. The van der Waals surface area contributed by atoms with E-state index in [1.165, 1.54) is 0 Å². The van der Waals surface area contributed by atoms with Crippen molar-refractivity contribution in [2.24, 2.45) is 9.98 Å². The Balaban J connectivity index is 1.30. The lowest BCUT2D eigenvalue weighted by molar-refractivity contribution is 1.33. The molecular formula is C31H23N3. The maximum Gasteiger partial charge on any atom is 0.0630 e. The number of nitrogens with zero attached hydrogens (tertiary/aromatic N) is 3. The molecule has 0 fully saturated rings. The minimum absolute atomic E-state index is 0.920. The van der Waals surface area contributed by atoms with Crippen LogP contribution < -0.4 is 0 Å². The van der Waals surface area contributed by atoms with Gasteiger partial charge in [-0.05, 0) is 52.6 Å². The number of pyridine rings is 1. The van der Waals surface area contributed by atoms with Crippen LogP contribution in [0.4, 0.5) is 11.4 Å². The standard InChI is InChI=1S/C31H23N3/c1-3-7-24(8-4-1)20-33-30-15-11-26(12-16-30)28-19-29(23-32-22-28)27-13-17-31(18-14-27)34-21-25-9-5-2-6-10-25/h1-23H. The number of aromatic nitrogens is 1. The zero-order valence-corrected chi connectivity index (χ0v) is 18.6. The van der Waals surface area contributed by atoms with E-state index < -0.39 is 0 Å². The predicted octanol–water partition coefficient (Wildman–Crippen LogP) is 7.92. The van der Waals surface area contributed by atoms with Crippen molar-refractivity contribution in [3.63, 3.8) is 0 Å². The Kier molecular flexibility index (Phi) is 6.45. The lowest BCUT2D eigenvalue weighted by Gasteiger charge is -2.06. The molecule has 5 aromatic rings.